The predicted octanol–water partition coefficient (Wildman–Crippen LogP) is 4.09. The van der Waals surface area contributed by atoms with Gasteiger partial charge < -0.3 is 14.3 Å². The van der Waals surface area contributed by atoms with Crippen LogP contribution in [0, 0.1) is 0 Å². The molecule has 1 aromatic carbocycles. The van der Waals surface area contributed by atoms with E-state index in [0.717, 1.165) is 21.3 Å². The molecule has 1 atom stereocenters. The van der Waals surface area contributed by atoms with E-state index in [2.05, 4.69) is 31.9 Å². The number of aliphatic hydroxyl groups excluding tert-OH is 1. The highest BCUT2D eigenvalue weighted by molar-refractivity contribution is 9.10. The van der Waals surface area contributed by atoms with Gasteiger partial charge in [0.2, 0.25) is 0 Å². The van der Waals surface area contributed by atoms with Crippen molar-refractivity contribution < 1.29 is 14.3 Å². The first kappa shape index (κ1) is 13.6. The Morgan fingerprint density at radius 3 is 2.67 bits per heavy atom. The first-order valence-corrected chi connectivity index (χ1v) is 6.93. The smallest absolute Gasteiger partial charge is 0.174 e. The molecule has 0 radical (unpaired) electrons. The van der Waals surface area contributed by atoms with E-state index in [1.807, 2.05) is 18.2 Å². The Bertz CT molecular complexity index is 537. The van der Waals surface area contributed by atoms with Crippen LogP contribution < -0.4 is 4.74 Å². The monoisotopic (exact) mass is 374 g/mol. The van der Waals surface area contributed by atoms with Crippen molar-refractivity contribution in [2.45, 2.75) is 12.5 Å². The Labute approximate surface area is 122 Å². The molecule has 96 valence electrons. The molecule has 0 amide bonds. The largest absolute Gasteiger partial charge is 0.496 e. The van der Waals surface area contributed by atoms with E-state index in [9.17, 15) is 5.11 Å². The molecule has 0 aliphatic rings. The van der Waals surface area contributed by atoms with Gasteiger partial charge in [-0.2, -0.15) is 0 Å². The third kappa shape index (κ3) is 2.96. The minimum absolute atomic E-state index is 0.515. The second-order valence-electron chi connectivity index (χ2n) is 3.84. The Kier molecular flexibility index (Phi) is 4.48. The average molecular weight is 376 g/mol. The molecule has 0 bridgehead atoms. The topological polar surface area (TPSA) is 42.6 Å². The maximum Gasteiger partial charge on any atom is 0.174 e. The van der Waals surface area contributed by atoms with Gasteiger partial charge >= 0.3 is 0 Å². The maximum atomic E-state index is 10.1. The molecular weight excluding hydrogens is 364 g/mol. The summed E-state index contributed by atoms with van der Waals surface area (Å²) in [6.45, 7) is 0. The summed E-state index contributed by atoms with van der Waals surface area (Å²) < 4.78 is 11.7. The molecule has 18 heavy (non-hydrogen) atoms. The summed E-state index contributed by atoms with van der Waals surface area (Å²) in [7, 11) is 1.62. The molecule has 1 N–H and O–H groups in total. The van der Waals surface area contributed by atoms with Gasteiger partial charge in [0.05, 0.1) is 23.9 Å². The summed E-state index contributed by atoms with van der Waals surface area (Å²) >= 11 is 6.69. The molecule has 1 heterocycles. The minimum Gasteiger partial charge on any atom is -0.496 e. The highest BCUT2D eigenvalue weighted by atomic mass is 79.9. The molecule has 0 saturated heterocycles. The summed E-state index contributed by atoms with van der Waals surface area (Å²) in [5.41, 5.74) is 1.77. The van der Waals surface area contributed by atoms with E-state index in [-0.39, 0.29) is 0 Å². The number of rotatable bonds is 4. The van der Waals surface area contributed by atoms with Gasteiger partial charge in [0.1, 0.15) is 5.75 Å². The van der Waals surface area contributed by atoms with Crippen molar-refractivity contribution in [2.24, 2.45) is 0 Å². The van der Waals surface area contributed by atoms with Crippen LogP contribution >= 0.6 is 31.9 Å². The highest BCUT2D eigenvalue weighted by Crippen LogP contribution is 2.30. The van der Waals surface area contributed by atoms with Gasteiger partial charge in [-0.1, -0.05) is 6.07 Å². The van der Waals surface area contributed by atoms with E-state index < -0.39 is 6.10 Å². The Balaban J connectivity index is 2.15. The van der Waals surface area contributed by atoms with Gasteiger partial charge in [-0.25, -0.2) is 0 Å². The number of furan rings is 1. The summed E-state index contributed by atoms with van der Waals surface area (Å²) in [6.07, 6.45) is 1.46. The second-order valence-corrected chi connectivity index (χ2v) is 5.41. The van der Waals surface area contributed by atoms with Gasteiger partial charge in [-0.05, 0) is 55.6 Å². The third-order valence-corrected chi connectivity index (χ3v) is 3.91. The lowest BCUT2D eigenvalue weighted by Gasteiger charge is -2.11. The number of benzene rings is 1. The fourth-order valence-corrected chi connectivity index (χ4v) is 2.81. The van der Waals surface area contributed by atoms with Crippen LogP contribution in [0.15, 0.2) is 44.1 Å². The fraction of sp³-hybridized carbons (Fsp3) is 0.231. The van der Waals surface area contributed by atoms with Crippen LogP contribution in [0.25, 0.3) is 0 Å². The second kappa shape index (κ2) is 5.91. The summed E-state index contributed by atoms with van der Waals surface area (Å²) in [6, 6.07) is 7.50. The molecule has 1 unspecified atom stereocenters. The van der Waals surface area contributed by atoms with E-state index in [1.54, 1.807) is 19.4 Å². The summed E-state index contributed by atoms with van der Waals surface area (Å²) in [5, 5.41) is 10.1. The van der Waals surface area contributed by atoms with Crippen LogP contribution in [-0.4, -0.2) is 12.2 Å². The number of methoxy groups -OCH3 is 1. The van der Waals surface area contributed by atoms with Crippen LogP contribution in [0.5, 0.6) is 5.75 Å². The molecule has 3 nitrogen and oxygen atoms in total. The Morgan fingerprint density at radius 1 is 1.33 bits per heavy atom. The lowest BCUT2D eigenvalue weighted by Crippen LogP contribution is -2.01. The first-order valence-electron chi connectivity index (χ1n) is 5.35. The standard InChI is InChI=1S/C13H12Br2O3/c1-17-12-3-2-8(6-10(12)14)7-11(16)9-4-5-18-13(9)15/h2-6,11,16H,7H2,1H3. The van der Waals surface area contributed by atoms with Gasteiger partial charge in [0.15, 0.2) is 4.67 Å². The SMILES string of the molecule is COc1ccc(CC(O)c2ccoc2Br)cc1Br. The Morgan fingerprint density at radius 2 is 2.11 bits per heavy atom. The Hall–Kier alpha value is -0.780. The third-order valence-electron chi connectivity index (χ3n) is 2.65. The van der Waals surface area contributed by atoms with Gasteiger partial charge in [-0.3, -0.25) is 0 Å². The van der Waals surface area contributed by atoms with E-state index >= 15 is 0 Å². The van der Waals surface area contributed by atoms with E-state index in [4.69, 9.17) is 9.15 Å². The molecule has 0 aliphatic carbocycles. The van der Waals surface area contributed by atoms with Crippen molar-refractivity contribution in [2.75, 3.05) is 7.11 Å². The van der Waals surface area contributed by atoms with Crippen molar-refractivity contribution in [3.8, 4) is 5.75 Å². The van der Waals surface area contributed by atoms with Gasteiger partial charge in [-0.15, -0.1) is 0 Å². The molecule has 5 heteroatoms. The molecule has 1 aromatic heterocycles. The zero-order valence-electron chi connectivity index (χ0n) is 9.69. The molecular formula is C13H12Br2O3. The lowest BCUT2D eigenvalue weighted by atomic mass is 10.0. The molecule has 2 aromatic rings. The van der Waals surface area contributed by atoms with Crippen molar-refractivity contribution in [1.82, 2.24) is 0 Å². The summed E-state index contributed by atoms with van der Waals surface area (Å²) in [5.74, 6) is 0.776. The number of ether oxygens (including phenoxy) is 1. The normalized spacial score (nSPS) is 12.4. The zero-order valence-corrected chi connectivity index (χ0v) is 12.9. The van der Waals surface area contributed by atoms with Gasteiger partial charge in [0.25, 0.3) is 0 Å². The summed E-state index contributed by atoms with van der Waals surface area (Å²) in [4.78, 5) is 0. The molecule has 2 rings (SSSR count). The molecule has 0 saturated carbocycles. The van der Waals surface area contributed by atoms with E-state index in [1.165, 1.54) is 0 Å². The zero-order chi connectivity index (χ0) is 13.1. The fourth-order valence-electron chi connectivity index (χ4n) is 1.71. The number of halogens is 2. The van der Waals surface area contributed by atoms with Crippen LogP contribution in [0.1, 0.15) is 17.2 Å². The number of aliphatic hydroxyl groups is 1. The van der Waals surface area contributed by atoms with Crippen LogP contribution in [-0.2, 0) is 6.42 Å². The lowest BCUT2D eigenvalue weighted by molar-refractivity contribution is 0.176. The molecule has 0 fully saturated rings. The van der Waals surface area contributed by atoms with Crippen molar-refractivity contribution >= 4 is 31.9 Å². The predicted molar refractivity (Wildman–Crippen MR) is 75.8 cm³/mol. The molecule has 0 aliphatic heterocycles. The quantitative estimate of drug-likeness (QED) is 0.875. The number of hydrogen-bond acceptors (Lipinski definition) is 3. The number of hydrogen-bond donors (Lipinski definition) is 1. The minimum atomic E-state index is -0.599. The highest BCUT2D eigenvalue weighted by Gasteiger charge is 2.15. The van der Waals surface area contributed by atoms with Crippen LogP contribution in [0.4, 0.5) is 0 Å². The van der Waals surface area contributed by atoms with Crippen LogP contribution in [0.2, 0.25) is 0 Å². The van der Waals surface area contributed by atoms with Gasteiger partial charge in [0, 0.05) is 12.0 Å². The van der Waals surface area contributed by atoms with Crippen molar-refractivity contribution in [3.05, 3.63) is 50.8 Å². The first-order chi connectivity index (χ1) is 8.61. The maximum absolute atomic E-state index is 10.1. The van der Waals surface area contributed by atoms with Crippen LogP contribution in [0.3, 0.4) is 0 Å². The van der Waals surface area contributed by atoms with Crippen molar-refractivity contribution in [3.63, 3.8) is 0 Å². The van der Waals surface area contributed by atoms with E-state index in [0.29, 0.717) is 11.1 Å². The average Bonchev–Trinajstić information content (AvgIpc) is 2.76. The van der Waals surface area contributed by atoms with Crippen molar-refractivity contribution in [1.29, 1.82) is 0 Å². The molecule has 0 spiro atoms.